The summed E-state index contributed by atoms with van der Waals surface area (Å²) in [5, 5.41) is 3.14. The summed E-state index contributed by atoms with van der Waals surface area (Å²) in [5.41, 5.74) is 0. The molecule has 0 radical (unpaired) electrons. The van der Waals surface area contributed by atoms with Crippen LogP contribution in [0.3, 0.4) is 0 Å². The highest BCUT2D eigenvalue weighted by Gasteiger charge is 2.38. The van der Waals surface area contributed by atoms with E-state index in [9.17, 15) is 9.59 Å². The maximum Gasteiger partial charge on any atom is 0.253 e. The third kappa shape index (κ3) is 3.19. The summed E-state index contributed by atoms with van der Waals surface area (Å²) in [6.45, 7) is 3.44. The first-order chi connectivity index (χ1) is 8.75. The first-order valence-electron chi connectivity index (χ1n) is 6.66. The van der Waals surface area contributed by atoms with Gasteiger partial charge in [0.25, 0.3) is 5.91 Å². The Morgan fingerprint density at radius 1 is 1.32 bits per heavy atom. The second kappa shape index (κ2) is 6.07. The highest BCUT2D eigenvalue weighted by atomic mass is 35.5. The monoisotopic (exact) mass is 289 g/mol. The van der Waals surface area contributed by atoms with Gasteiger partial charge in [-0.15, -0.1) is 12.4 Å². The Bertz CT molecular complexity index is 356. The van der Waals surface area contributed by atoms with Crippen LogP contribution in [0.5, 0.6) is 0 Å². The molecule has 0 spiro atoms. The third-order valence-corrected chi connectivity index (χ3v) is 3.76. The molecule has 0 unspecified atom stereocenters. The second-order valence-electron chi connectivity index (χ2n) is 5.14. The average Bonchev–Trinajstić information content (AvgIpc) is 3.23. The van der Waals surface area contributed by atoms with Gasteiger partial charge in [0.05, 0.1) is 13.2 Å². The number of morpholine rings is 1. The maximum atomic E-state index is 12.2. The van der Waals surface area contributed by atoms with Gasteiger partial charge in [-0.2, -0.15) is 0 Å². The summed E-state index contributed by atoms with van der Waals surface area (Å²) >= 11 is 0. The van der Waals surface area contributed by atoms with E-state index in [1.54, 1.807) is 4.90 Å². The lowest BCUT2D eigenvalue weighted by Gasteiger charge is -2.36. The molecule has 0 aromatic carbocycles. The Balaban J connectivity index is 0.00000133. The van der Waals surface area contributed by atoms with E-state index in [4.69, 9.17) is 4.74 Å². The van der Waals surface area contributed by atoms with Gasteiger partial charge in [-0.05, 0) is 12.8 Å². The van der Waals surface area contributed by atoms with Crippen molar-refractivity contribution in [3.8, 4) is 0 Å². The molecule has 7 heteroatoms. The molecule has 1 aliphatic carbocycles. The largest absolute Gasteiger partial charge is 0.366 e. The average molecular weight is 290 g/mol. The molecule has 0 aromatic rings. The van der Waals surface area contributed by atoms with Crippen molar-refractivity contribution in [2.45, 2.75) is 25.0 Å². The van der Waals surface area contributed by atoms with Crippen molar-refractivity contribution in [2.24, 2.45) is 0 Å². The van der Waals surface area contributed by atoms with Crippen molar-refractivity contribution in [3.05, 3.63) is 0 Å². The highest BCUT2D eigenvalue weighted by molar-refractivity contribution is 5.88. The Labute approximate surface area is 118 Å². The van der Waals surface area contributed by atoms with E-state index in [1.807, 2.05) is 4.90 Å². The van der Waals surface area contributed by atoms with Crippen molar-refractivity contribution in [1.82, 2.24) is 15.1 Å². The zero-order valence-electron chi connectivity index (χ0n) is 10.8. The van der Waals surface area contributed by atoms with Crippen LogP contribution in [0.2, 0.25) is 0 Å². The lowest BCUT2D eigenvalue weighted by atomic mass is 10.2. The normalized spacial score (nSPS) is 28.0. The van der Waals surface area contributed by atoms with Crippen molar-refractivity contribution in [2.75, 3.05) is 39.3 Å². The van der Waals surface area contributed by atoms with Gasteiger partial charge in [0.2, 0.25) is 5.91 Å². The Morgan fingerprint density at radius 3 is 2.68 bits per heavy atom. The number of carbonyl (C=O) groups excluding carboxylic acids is 2. The van der Waals surface area contributed by atoms with E-state index in [1.165, 1.54) is 0 Å². The zero-order chi connectivity index (χ0) is 12.5. The van der Waals surface area contributed by atoms with Crippen LogP contribution in [0.1, 0.15) is 12.8 Å². The molecular weight excluding hydrogens is 270 g/mol. The van der Waals surface area contributed by atoms with E-state index in [-0.39, 0.29) is 30.8 Å². The van der Waals surface area contributed by atoms with Gasteiger partial charge in [0.1, 0.15) is 6.10 Å². The molecule has 3 aliphatic rings. The summed E-state index contributed by atoms with van der Waals surface area (Å²) in [4.78, 5) is 27.7. The van der Waals surface area contributed by atoms with E-state index in [0.29, 0.717) is 32.3 Å². The molecule has 2 saturated heterocycles. The maximum absolute atomic E-state index is 12.2. The molecule has 19 heavy (non-hydrogen) atoms. The SMILES string of the molecule is Cl.O=C([C@@H]1CNCCO1)N1CCN(C2CC2)C(=O)C1. The van der Waals surface area contributed by atoms with Crippen molar-refractivity contribution < 1.29 is 14.3 Å². The lowest BCUT2D eigenvalue weighted by Crippen LogP contribution is -2.57. The van der Waals surface area contributed by atoms with Gasteiger partial charge < -0.3 is 19.9 Å². The quantitative estimate of drug-likeness (QED) is 0.725. The predicted molar refractivity (Wildman–Crippen MR) is 71.2 cm³/mol. The molecule has 0 aromatic heterocycles. The number of hydrogen-bond donors (Lipinski definition) is 1. The van der Waals surface area contributed by atoms with E-state index >= 15 is 0 Å². The molecule has 3 fully saturated rings. The number of nitrogens with one attached hydrogen (secondary N) is 1. The number of ether oxygens (including phenoxy) is 1. The number of hydrogen-bond acceptors (Lipinski definition) is 4. The minimum atomic E-state index is -0.418. The van der Waals surface area contributed by atoms with Gasteiger partial charge in [-0.3, -0.25) is 9.59 Å². The molecule has 2 heterocycles. The van der Waals surface area contributed by atoms with Crippen LogP contribution in [-0.2, 0) is 14.3 Å². The summed E-state index contributed by atoms with van der Waals surface area (Å²) in [5.74, 6) is 0.0341. The third-order valence-electron chi connectivity index (χ3n) is 3.76. The fraction of sp³-hybridized carbons (Fsp3) is 0.833. The summed E-state index contributed by atoms with van der Waals surface area (Å²) in [6.07, 6.45) is 1.82. The first kappa shape index (κ1) is 14.6. The minimum Gasteiger partial charge on any atom is -0.366 e. The molecular formula is C12H20ClN3O3. The molecule has 6 nitrogen and oxygen atoms in total. The molecule has 2 aliphatic heterocycles. The van der Waals surface area contributed by atoms with Crippen LogP contribution in [0.25, 0.3) is 0 Å². The highest BCUT2D eigenvalue weighted by Crippen LogP contribution is 2.28. The van der Waals surface area contributed by atoms with Gasteiger partial charge in [-0.25, -0.2) is 0 Å². The molecule has 1 atom stereocenters. The Morgan fingerprint density at radius 2 is 2.11 bits per heavy atom. The molecule has 2 amide bonds. The van der Waals surface area contributed by atoms with Gasteiger partial charge >= 0.3 is 0 Å². The van der Waals surface area contributed by atoms with Crippen molar-refractivity contribution in [1.29, 1.82) is 0 Å². The van der Waals surface area contributed by atoms with Crippen LogP contribution in [-0.4, -0.2) is 73.1 Å². The van der Waals surface area contributed by atoms with Crippen molar-refractivity contribution in [3.63, 3.8) is 0 Å². The van der Waals surface area contributed by atoms with Gasteiger partial charge in [0.15, 0.2) is 0 Å². The predicted octanol–water partition coefficient (Wildman–Crippen LogP) is -0.770. The molecule has 3 rings (SSSR count). The van der Waals surface area contributed by atoms with Gasteiger partial charge in [-0.1, -0.05) is 0 Å². The zero-order valence-corrected chi connectivity index (χ0v) is 11.7. The molecule has 1 N–H and O–H groups in total. The van der Waals surface area contributed by atoms with E-state index in [0.717, 1.165) is 19.4 Å². The van der Waals surface area contributed by atoms with Crippen molar-refractivity contribution >= 4 is 24.2 Å². The number of rotatable bonds is 2. The fourth-order valence-electron chi connectivity index (χ4n) is 2.57. The van der Waals surface area contributed by atoms with Crippen LogP contribution in [0.15, 0.2) is 0 Å². The topological polar surface area (TPSA) is 61.9 Å². The van der Waals surface area contributed by atoms with Crippen LogP contribution in [0.4, 0.5) is 0 Å². The van der Waals surface area contributed by atoms with E-state index < -0.39 is 6.10 Å². The van der Waals surface area contributed by atoms with E-state index in [2.05, 4.69) is 5.32 Å². The molecule has 108 valence electrons. The number of carbonyl (C=O) groups is 2. The van der Waals surface area contributed by atoms with Crippen LogP contribution < -0.4 is 5.32 Å². The molecule has 0 bridgehead atoms. The standard InChI is InChI=1S/C12H19N3O3.ClH/c16-11-8-14(4-5-15(11)9-1-2-9)12(17)10-7-13-3-6-18-10;/h9-10,13H,1-8H2;1H/t10-;/m0./s1. The number of halogens is 1. The fourth-order valence-corrected chi connectivity index (χ4v) is 2.57. The summed E-state index contributed by atoms with van der Waals surface area (Å²) < 4.78 is 5.44. The number of nitrogens with zero attached hydrogens (tertiary/aromatic N) is 2. The Kier molecular flexibility index (Phi) is 4.65. The number of piperazine rings is 1. The second-order valence-corrected chi connectivity index (χ2v) is 5.14. The summed E-state index contributed by atoms with van der Waals surface area (Å²) in [7, 11) is 0. The number of amides is 2. The van der Waals surface area contributed by atoms with Crippen LogP contribution in [0, 0.1) is 0 Å². The van der Waals surface area contributed by atoms with Gasteiger partial charge in [0, 0.05) is 32.2 Å². The first-order valence-corrected chi connectivity index (χ1v) is 6.66. The van der Waals surface area contributed by atoms with Crippen LogP contribution >= 0.6 is 12.4 Å². The Hall–Kier alpha value is -0.850. The minimum absolute atomic E-state index is 0. The smallest absolute Gasteiger partial charge is 0.253 e. The summed E-state index contributed by atoms with van der Waals surface area (Å²) in [6, 6.07) is 0.447. The lowest BCUT2D eigenvalue weighted by molar-refractivity contribution is -0.153. The molecule has 1 saturated carbocycles.